The molecule has 20 heavy (non-hydrogen) atoms. The quantitative estimate of drug-likeness (QED) is 0.624. The number of nitrogen functional groups attached to an aromatic ring is 1. The molecule has 1 fully saturated rings. The first-order valence-corrected chi connectivity index (χ1v) is 6.79. The number of likely N-dealkylation sites (N-methyl/N-ethyl adjacent to an activating group) is 1. The molecule has 110 valence electrons. The minimum Gasteiger partial charge on any atom is -0.399 e. The highest BCUT2D eigenvalue weighted by molar-refractivity contribution is 5.47. The van der Waals surface area contributed by atoms with E-state index in [1.807, 2.05) is 19.9 Å². The molecule has 1 aromatic carbocycles. The standard InChI is InChI=1S/C7H6N2.C6H12N2O.C2H6/c8-5-6-1-3-7(9)4-2-6;1-7-2-4-8(6-9)5-3-7;1-2/h1-4H,9H2;6H,2-5H2,1H3;1-2H3. The van der Waals surface area contributed by atoms with Gasteiger partial charge in [0.1, 0.15) is 0 Å². The van der Waals surface area contributed by atoms with E-state index in [-0.39, 0.29) is 0 Å². The number of rotatable bonds is 1. The van der Waals surface area contributed by atoms with E-state index in [1.54, 1.807) is 29.2 Å². The zero-order valence-corrected chi connectivity index (χ0v) is 12.5. The molecule has 1 saturated heterocycles. The molecule has 0 spiro atoms. The Bertz CT molecular complexity index is 403. The van der Waals surface area contributed by atoms with E-state index in [4.69, 9.17) is 11.0 Å². The van der Waals surface area contributed by atoms with Crippen LogP contribution < -0.4 is 5.73 Å². The van der Waals surface area contributed by atoms with Gasteiger partial charge < -0.3 is 15.5 Å². The highest BCUT2D eigenvalue weighted by atomic mass is 16.1. The van der Waals surface area contributed by atoms with Crippen molar-refractivity contribution in [1.82, 2.24) is 9.80 Å². The van der Waals surface area contributed by atoms with Gasteiger partial charge in [0.05, 0.1) is 11.6 Å². The van der Waals surface area contributed by atoms with Crippen molar-refractivity contribution >= 4 is 12.1 Å². The summed E-state index contributed by atoms with van der Waals surface area (Å²) in [6.07, 6.45) is 0.924. The predicted molar refractivity (Wildman–Crippen MR) is 82.1 cm³/mol. The maximum atomic E-state index is 10.2. The molecule has 0 aliphatic carbocycles. The summed E-state index contributed by atoms with van der Waals surface area (Å²) < 4.78 is 0. The number of nitrogens with zero attached hydrogens (tertiary/aromatic N) is 3. The van der Waals surface area contributed by atoms with Crippen molar-refractivity contribution in [2.24, 2.45) is 0 Å². The lowest BCUT2D eigenvalue weighted by Crippen LogP contribution is -2.43. The molecule has 2 N–H and O–H groups in total. The van der Waals surface area contributed by atoms with Gasteiger partial charge in [0.15, 0.2) is 0 Å². The molecular formula is C15H24N4O. The number of hydrogen-bond acceptors (Lipinski definition) is 4. The van der Waals surface area contributed by atoms with Gasteiger partial charge in [-0.05, 0) is 31.3 Å². The molecule has 0 radical (unpaired) electrons. The summed E-state index contributed by atoms with van der Waals surface area (Å²) in [5.41, 5.74) is 6.70. The molecule has 1 heterocycles. The van der Waals surface area contributed by atoms with Crippen LogP contribution in [-0.4, -0.2) is 49.4 Å². The van der Waals surface area contributed by atoms with E-state index in [0.717, 1.165) is 32.6 Å². The van der Waals surface area contributed by atoms with Crippen molar-refractivity contribution in [2.45, 2.75) is 13.8 Å². The average molecular weight is 276 g/mol. The SMILES string of the molecule is CC.CN1CCN(C=O)CC1.N#Cc1ccc(N)cc1. The molecule has 1 aliphatic rings. The maximum absolute atomic E-state index is 10.2. The predicted octanol–water partition coefficient (Wildman–Crippen LogP) is 1.56. The molecule has 0 unspecified atom stereocenters. The lowest BCUT2D eigenvalue weighted by atomic mass is 10.2. The average Bonchev–Trinajstić information content (AvgIpc) is 2.51. The molecule has 0 saturated carbocycles. The third-order valence-electron chi connectivity index (χ3n) is 2.73. The second kappa shape index (κ2) is 10.8. The van der Waals surface area contributed by atoms with Crippen molar-refractivity contribution in [1.29, 1.82) is 5.26 Å². The molecule has 5 heteroatoms. The van der Waals surface area contributed by atoms with Crippen LogP contribution in [0.2, 0.25) is 0 Å². The lowest BCUT2D eigenvalue weighted by molar-refractivity contribution is -0.119. The van der Waals surface area contributed by atoms with Crippen molar-refractivity contribution in [3.8, 4) is 6.07 Å². The van der Waals surface area contributed by atoms with Crippen LogP contribution in [0, 0.1) is 11.3 Å². The maximum Gasteiger partial charge on any atom is 0.209 e. The van der Waals surface area contributed by atoms with E-state index in [0.29, 0.717) is 11.3 Å². The summed E-state index contributed by atoms with van der Waals surface area (Å²) in [6, 6.07) is 8.79. The largest absolute Gasteiger partial charge is 0.399 e. The number of anilines is 1. The molecule has 1 aliphatic heterocycles. The van der Waals surface area contributed by atoms with Crippen LogP contribution in [0.4, 0.5) is 5.69 Å². The number of piperazine rings is 1. The normalized spacial score (nSPS) is 14.0. The van der Waals surface area contributed by atoms with Crippen LogP contribution in [0.1, 0.15) is 19.4 Å². The summed E-state index contributed by atoms with van der Waals surface area (Å²) in [7, 11) is 2.07. The van der Waals surface area contributed by atoms with Crippen LogP contribution >= 0.6 is 0 Å². The Hall–Kier alpha value is -2.06. The number of carbonyl (C=O) groups excluding carboxylic acids is 1. The molecule has 1 aromatic rings. The third-order valence-corrected chi connectivity index (χ3v) is 2.73. The van der Waals surface area contributed by atoms with Crippen molar-refractivity contribution < 1.29 is 4.79 Å². The molecule has 5 nitrogen and oxygen atoms in total. The van der Waals surface area contributed by atoms with Gasteiger partial charge in [0, 0.05) is 31.9 Å². The first-order valence-electron chi connectivity index (χ1n) is 6.79. The van der Waals surface area contributed by atoms with Gasteiger partial charge in [-0.15, -0.1) is 0 Å². The third kappa shape index (κ3) is 7.39. The van der Waals surface area contributed by atoms with Crippen LogP contribution in [0.5, 0.6) is 0 Å². The fraction of sp³-hybridized carbons (Fsp3) is 0.467. The van der Waals surface area contributed by atoms with E-state index in [2.05, 4.69) is 11.9 Å². The Morgan fingerprint density at radius 1 is 1.15 bits per heavy atom. The minimum absolute atomic E-state index is 0.643. The van der Waals surface area contributed by atoms with E-state index >= 15 is 0 Å². The van der Waals surface area contributed by atoms with Gasteiger partial charge in [-0.25, -0.2) is 0 Å². The van der Waals surface area contributed by atoms with Gasteiger partial charge in [-0.3, -0.25) is 4.79 Å². The van der Waals surface area contributed by atoms with Gasteiger partial charge in [0.2, 0.25) is 6.41 Å². The van der Waals surface area contributed by atoms with Crippen molar-refractivity contribution in [2.75, 3.05) is 39.0 Å². The van der Waals surface area contributed by atoms with Crippen LogP contribution in [0.25, 0.3) is 0 Å². The summed E-state index contributed by atoms with van der Waals surface area (Å²) >= 11 is 0. The fourth-order valence-corrected chi connectivity index (χ4v) is 1.48. The first-order chi connectivity index (χ1) is 9.65. The van der Waals surface area contributed by atoms with Gasteiger partial charge in [-0.2, -0.15) is 5.26 Å². The van der Waals surface area contributed by atoms with Crippen LogP contribution in [0.15, 0.2) is 24.3 Å². The monoisotopic (exact) mass is 276 g/mol. The number of amides is 1. The van der Waals surface area contributed by atoms with Crippen LogP contribution in [-0.2, 0) is 4.79 Å². The van der Waals surface area contributed by atoms with Crippen molar-refractivity contribution in [3.63, 3.8) is 0 Å². The summed E-state index contributed by atoms with van der Waals surface area (Å²) in [4.78, 5) is 14.2. The number of nitriles is 1. The fourth-order valence-electron chi connectivity index (χ4n) is 1.48. The molecule has 0 bridgehead atoms. The zero-order valence-electron chi connectivity index (χ0n) is 12.5. The first kappa shape index (κ1) is 17.9. The van der Waals surface area contributed by atoms with Gasteiger partial charge >= 0.3 is 0 Å². The number of nitrogens with two attached hydrogens (primary N) is 1. The highest BCUT2D eigenvalue weighted by Crippen LogP contribution is 2.02. The zero-order chi connectivity index (χ0) is 15.4. The molecule has 2 rings (SSSR count). The van der Waals surface area contributed by atoms with Crippen molar-refractivity contribution in [3.05, 3.63) is 29.8 Å². The Labute approximate surface area is 121 Å². The summed E-state index contributed by atoms with van der Waals surface area (Å²) in [5, 5.41) is 8.34. The topological polar surface area (TPSA) is 73.4 Å². The molecule has 0 aromatic heterocycles. The summed E-state index contributed by atoms with van der Waals surface area (Å²) in [5.74, 6) is 0. The molecule has 1 amide bonds. The number of hydrogen-bond donors (Lipinski definition) is 1. The van der Waals surface area contributed by atoms with E-state index < -0.39 is 0 Å². The smallest absolute Gasteiger partial charge is 0.209 e. The Morgan fingerprint density at radius 2 is 1.65 bits per heavy atom. The Kier molecular flexibility index (Phi) is 9.71. The minimum atomic E-state index is 0.643. The number of carbonyl (C=O) groups is 1. The Balaban J connectivity index is 0.000000321. The van der Waals surface area contributed by atoms with Gasteiger partial charge in [0.25, 0.3) is 0 Å². The number of benzene rings is 1. The molecule has 0 atom stereocenters. The van der Waals surface area contributed by atoms with E-state index in [1.165, 1.54) is 0 Å². The summed E-state index contributed by atoms with van der Waals surface area (Å²) in [6.45, 7) is 7.80. The Morgan fingerprint density at radius 3 is 2.05 bits per heavy atom. The molecular weight excluding hydrogens is 252 g/mol. The van der Waals surface area contributed by atoms with E-state index in [9.17, 15) is 4.79 Å². The highest BCUT2D eigenvalue weighted by Gasteiger charge is 2.10. The second-order valence-electron chi connectivity index (χ2n) is 4.18. The van der Waals surface area contributed by atoms with Gasteiger partial charge in [-0.1, -0.05) is 13.8 Å². The van der Waals surface area contributed by atoms with Crippen LogP contribution in [0.3, 0.4) is 0 Å². The lowest BCUT2D eigenvalue weighted by Gasteiger charge is -2.29. The second-order valence-corrected chi connectivity index (χ2v) is 4.18.